The maximum Gasteiger partial charge on any atom is 0.458 e. The van der Waals surface area contributed by atoms with Crippen molar-refractivity contribution >= 4 is 0 Å². The van der Waals surface area contributed by atoms with E-state index in [0.717, 1.165) is 0 Å². The molecule has 31 heavy (non-hydrogen) atoms. The quantitative estimate of drug-likeness (QED) is 0.393. The van der Waals surface area contributed by atoms with E-state index in [1.165, 1.54) is 6.92 Å². The molecule has 0 bridgehead atoms. The molecule has 1 aliphatic heterocycles. The van der Waals surface area contributed by atoms with Gasteiger partial charge < -0.3 is 9.47 Å². The van der Waals surface area contributed by atoms with Crippen LogP contribution >= 0.6 is 0 Å². The van der Waals surface area contributed by atoms with Crippen LogP contribution in [0.3, 0.4) is 0 Å². The number of alkyl halides is 12. The van der Waals surface area contributed by atoms with E-state index in [0.29, 0.717) is 0 Å². The molecule has 184 valence electrons. The first-order valence-electron chi connectivity index (χ1n) is 7.70. The average molecular weight is 492 g/mol. The lowest BCUT2D eigenvalue weighted by Crippen LogP contribution is -2.65. The molecule has 1 fully saturated rings. The summed E-state index contributed by atoms with van der Waals surface area (Å²) in [6, 6.07) is 0. The molecule has 2 unspecified atom stereocenters. The Morgan fingerprint density at radius 2 is 1.35 bits per heavy atom. The van der Waals surface area contributed by atoms with E-state index >= 15 is 0 Å². The summed E-state index contributed by atoms with van der Waals surface area (Å²) >= 11 is 0. The Balaban J connectivity index is 3.24. The van der Waals surface area contributed by atoms with Crippen molar-refractivity contribution < 1.29 is 76.0 Å². The van der Waals surface area contributed by atoms with Crippen LogP contribution < -0.4 is 0 Å². The molecule has 1 heterocycles. The molecule has 0 saturated carbocycles. The van der Waals surface area contributed by atoms with E-state index in [9.17, 15) is 57.1 Å². The van der Waals surface area contributed by atoms with E-state index in [2.05, 4.69) is 18.9 Å². The third-order valence-electron chi connectivity index (χ3n) is 3.68. The Labute approximate surface area is 164 Å². The van der Waals surface area contributed by atoms with Crippen molar-refractivity contribution in [2.75, 3.05) is 26.4 Å². The van der Waals surface area contributed by atoms with Gasteiger partial charge in [0.1, 0.15) is 6.61 Å². The monoisotopic (exact) mass is 492 g/mol. The normalized spacial score (nSPS) is 21.7. The fourth-order valence-corrected chi connectivity index (χ4v) is 1.91. The number of hydrogen-bond acceptors (Lipinski definition) is 4. The van der Waals surface area contributed by atoms with Crippen LogP contribution in [0, 0.1) is 5.41 Å². The predicted molar refractivity (Wildman–Crippen MR) is 71.8 cm³/mol. The second-order valence-electron chi connectivity index (χ2n) is 6.76. The number of hydrogen-bond donors (Lipinski definition) is 0. The van der Waals surface area contributed by atoms with E-state index in [1.54, 1.807) is 6.58 Å². The Hall–Kier alpha value is -1.33. The summed E-state index contributed by atoms with van der Waals surface area (Å²) in [6.45, 7) is -0.532. The molecule has 0 radical (unpaired) electrons. The SMILES string of the molecule is C=C(F)C(F)(F)OC(F)(C(F)(F)F)C(F)(F)OC(F)(COCC1(C)COC1)C(F)(F)F. The minimum Gasteiger partial charge on any atom is -0.380 e. The first-order chi connectivity index (χ1) is 13.5. The van der Waals surface area contributed by atoms with Crippen molar-refractivity contribution in [1.29, 1.82) is 0 Å². The average Bonchev–Trinajstić information content (AvgIpc) is 2.49. The molecule has 0 spiro atoms. The fraction of sp³-hybridized carbons (Fsp3) is 0.857. The summed E-state index contributed by atoms with van der Waals surface area (Å²) in [7, 11) is 0. The van der Waals surface area contributed by atoms with Gasteiger partial charge in [0, 0.05) is 5.41 Å². The highest BCUT2D eigenvalue weighted by Crippen LogP contribution is 2.53. The van der Waals surface area contributed by atoms with Crippen LogP contribution in [0.5, 0.6) is 0 Å². The zero-order valence-corrected chi connectivity index (χ0v) is 15.1. The molecule has 1 rings (SSSR count). The highest BCUT2D eigenvalue weighted by molar-refractivity contribution is 4.97. The molecular weight excluding hydrogens is 479 g/mol. The van der Waals surface area contributed by atoms with Gasteiger partial charge in [0.25, 0.3) is 0 Å². The van der Waals surface area contributed by atoms with E-state index < -0.39 is 60.7 Å². The Morgan fingerprint density at radius 1 is 0.871 bits per heavy atom. The zero-order chi connectivity index (χ0) is 24.7. The van der Waals surface area contributed by atoms with Gasteiger partial charge in [-0.05, 0) is 0 Å². The first-order valence-corrected chi connectivity index (χ1v) is 7.70. The van der Waals surface area contributed by atoms with Gasteiger partial charge in [0.05, 0.1) is 19.8 Å². The van der Waals surface area contributed by atoms with Crippen molar-refractivity contribution in [1.82, 2.24) is 0 Å². The molecule has 0 aliphatic carbocycles. The summed E-state index contributed by atoms with van der Waals surface area (Å²) in [4.78, 5) is 0. The van der Waals surface area contributed by atoms with E-state index in [-0.39, 0.29) is 13.2 Å². The molecular formula is C14H13F13O4. The van der Waals surface area contributed by atoms with Crippen LogP contribution in [0.15, 0.2) is 12.4 Å². The predicted octanol–water partition coefficient (Wildman–Crippen LogP) is 5.20. The molecule has 2 atom stereocenters. The largest absolute Gasteiger partial charge is 0.458 e. The van der Waals surface area contributed by atoms with E-state index in [1.807, 2.05) is 0 Å². The van der Waals surface area contributed by atoms with Gasteiger partial charge in [0.15, 0.2) is 5.83 Å². The smallest absolute Gasteiger partial charge is 0.380 e. The van der Waals surface area contributed by atoms with Gasteiger partial charge in [-0.15, -0.1) is 0 Å². The zero-order valence-electron chi connectivity index (χ0n) is 15.1. The van der Waals surface area contributed by atoms with Crippen LogP contribution in [0.1, 0.15) is 6.92 Å². The Morgan fingerprint density at radius 3 is 1.68 bits per heavy atom. The minimum absolute atomic E-state index is 0.118. The van der Waals surface area contributed by atoms with Crippen LogP contribution in [0.2, 0.25) is 0 Å². The minimum atomic E-state index is -7.28. The summed E-state index contributed by atoms with van der Waals surface area (Å²) in [5.41, 5.74) is -1.00. The standard InChI is InChI=1S/C14H13F13O4/c1-7(15)10(17,18)31-11(19,13(23,24)25)14(26,27)30-9(16,12(20,21)22)6-29-5-8(2)3-28-4-8/h1,3-6H2,2H3. The van der Waals surface area contributed by atoms with Crippen LogP contribution in [-0.4, -0.2) is 62.7 Å². The van der Waals surface area contributed by atoms with Gasteiger partial charge in [-0.25, -0.2) is 4.39 Å². The second-order valence-corrected chi connectivity index (χ2v) is 6.76. The maximum atomic E-state index is 14.1. The summed E-state index contributed by atoms with van der Waals surface area (Å²) in [5.74, 6) is -16.2. The van der Waals surface area contributed by atoms with Gasteiger partial charge >= 0.3 is 36.3 Å². The number of ether oxygens (including phenoxy) is 4. The van der Waals surface area contributed by atoms with Gasteiger partial charge in [-0.3, -0.25) is 9.47 Å². The molecule has 17 heteroatoms. The molecule has 0 aromatic carbocycles. The van der Waals surface area contributed by atoms with Crippen molar-refractivity contribution in [3.05, 3.63) is 12.4 Å². The van der Waals surface area contributed by atoms with Crippen molar-refractivity contribution in [3.63, 3.8) is 0 Å². The molecule has 1 saturated heterocycles. The lowest BCUT2D eigenvalue weighted by atomic mass is 9.90. The lowest BCUT2D eigenvalue weighted by Gasteiger charge is -2.40. The van der Waals surface area contributed by atoms with Crippen molar-refractivity contribution in [3.8, 4) is 0 Å². The Bertz CT molecular complexity index is 658. The van der Waals surface area contributed by atoms with Crippen LogP contribution in [0.25, 0.3) is 0 Å². The molecule has 0 N–H and O–H groups in total. The fourth-order valence-electron chi connectivity index (χ4n) is 1.91. The lowest BCUT2D eigenvalue weighted by molar-refractivity contribution is -0.529. The van der Waals surface area contributed by atoms with Gasteiger partial charge in [-0.1, -0.05) is 13.5 Å². The summed E-state index contributed by atoms with van der Waals surface area (Å²) in [6.07, 6.45) is -27.1. The molecule has 0 aromatic rings. The topological polar surface area (TPSA) is 36.9 Å². The summed E-state index contributed by atoms with van der Waals surface area (Å²) < 4.78 is 184. The highest BCUT2D eigenvalue weighted by Gasteiger charge is 2.80. The highest BCUT2D eigenvalue weighted by atomic mass is 19.4. The van der Waals surface area contributed by atoms with Crippen LogP contribution in [-0.2, 0) is 18.9 Å². The molecule has 0 amide bonds. The van der Waals surface area contributed by atoms with Gasteiger partial charge in [0.2, 0.25) is 0 Å². The van der Waals surface area contributed by atoms with Crippen molar-refractivity contribution in [2.24, 2.45) is 5.41 Å². The summed E-state index contributed by atoms with van der Waals surface area (Å²) in [5, 5.41) is 0. The molecule has 1 aliphatic rings. The Kier molecular flexibility index (Phi) is 7.35. The third-order valence-corrected chi connectivity index (χ3v) is 3.68. The first kappa shape index (κ1) is 27.7. The van der Waals surface area contributed by atoms with E-state index in [4.69, 9.17) is 0 Å². The number of halogens is 13. The maximum absolute atomic E-state index is 14.1. The van der Waals surface area contributed by atoms with Gasteiger partial charge in [-0.2, -0.15) is 52.7 Å². The molecule has 0 aromatic heterocycles. The number of rotatable bonds is 10. The van der Waals surface area contributed by atoms with Crippen LogP contribution in [0.4, 0.5) is 57.1 Å². The third kappa shape index (κ3) is 5.73. The van der Waals surface area contributed by atoms with Crippen molar-refractivity contribution in [2.45, 2.75) is 43.2 Å². The molecule has 4 nitrogen and oxygen atoms in total. The second kappa shape index (κ2) is 8.22.